The van der Waals surface area contributed by atoms with Gasteiger partial charge in [-0.1, -0.05) is 6.92 Å². The van der Waals surface area contributed by atoms with Gasteiger partial charge in [-0.3, -0.25) is 4.98 Å². The molecule has 1 aromatic heterocycles. The lowest BCUT2D eigenvalue weighted by Crippen LogP contribution is -2.10. The van der Waals surface area contributed by atoms with Crippen LogP contribution < -0.4 is 4.74 Å². The van der Waals surface area contributed by atoms with E-state index in [9.17, 15) is 18.0 Å². The highest BCUT2D eigenvalue weighted by Gasteiger charge is 2.34. The minimum atomic E-state index is -4.58. The van der Waals surface area contributed by atoms with Gasteiger partial charge in [0.25, 0.3) is 0 Å². The number of carbonyl (C=O) groups is 1. The van der Waals surface area contributed by atoms with Gasteiger partial charge in [-0.15, -0.1) is 0 Å². The van der Waals surface area contributed by atoms with Gasteiger partial charge in [-0.25, -0.2) is 9.78 Å². The van der Waals surface area contributed by atoms with E-state index in [0.29, 0.717) is 13.0 Å². The van der Waals surface area contributed by atoms with E-state index in [0.717, 1.165) is 18.5 Å². The molecule has 0 saturated heterocycles. The number of hydrogen-bond donors (Lipinski definition) is 0. The number of halogens is 3. The average Bonchev–Trinajstić information content (AvgIpc) is 2.58. The number of rotatable bonds is 5. The maximum absolute atomic E-state index is 13.3. The molecule has 128 valence electrons. The van der Waals surface area contributed by atoms with Crippen molar-refractivity contribution in [1.29, 1.82) is 0 Å². The zero-order chi connectivity index (χ0) is 17.7. The highest BCUT2D eigenvalue weighted by atomic mass is 19.4. The van der Waals surface area contributed by atoms with E-state index in [4.69, 9.17) is 4.74 Å². The summed E-state index contributed by atoms with van der Waals surface area (Å²) in [6.45, 7) is 2.18. The van der Waals surface area contributed by atoms with Crippen LogP contribution in [0.4, 0.5) is 13.2 Å². The first kappa shape index (κ1) is 17.7. The summed E-state index contributed by atoms with van der Waals surface area (Å²) in [7, 11) is 1.18. The lowest BCUT2D eigenvalue weighted by Gasteiger charge is -2.14. The van der Waals surface area contributed by atoms with Gasteiger partial charge >= 0.3 is 12.1 Å². The zero-order valence-electron chi connectivity index (χ0n) is 13.1. The molecule has 0 aliphatic heterocycles. The molecule has 1 aromatic carbocycles. The molecule has 0 aliphatic rings. The number of esters is 1. The molecule has 0 saturated carbocycles. The number of alkyl halides is 3. The van der Waals surface area contributed by atoms with E-state index in [1.165, 1.54) is 19.2 Å². The third kappa shape index (κ3) is 4.01. The molecule has 8 heteroatoms. The molecule has 1 heterocycles. The van der Waals surface area contributed by atoms with Crippen LogP contribution in [0.25, 0.3) is 11.3 Å². The smallest absolute Gasteiger partial charge is 0.417 e. The summed E-state index contributed by atoms with van der Waals surface area (Å²) in [6.07, 6.45) is -1.72. The van der Waals surface area contributed by atoms with Crippen molar-refractivity contribution in [3.63, 3.8) is 0 Å². The maximum Gasteiger partial charge on any atom is 0.417 e. The number of carbonyl (C=O) groups excluding carboxylic acids is 1. The first-order valence-corrected chi connectivity index (χ1v) is 7.11. The predicted molar refractivity (Wildman–Crippen MR) is 79.6 cm³/mol. The van der Waals surface area contributed by atoms with Crippen LogP contribution >= 0.6 is 0 Å². The molecule has 0 fully saturated rings. The van der Waals surface area contributed by atoms with Crippen molar-refractivity contribution in [3.8, 4) is 17.0 Å². The fourth-order valence-electron chi connectivity index (χ4n) is 1.97. The lowest BCUT2D eigenvalue weighted by molar-refractivity contribution is -0.137. The minimum absolute atomic E-state index is 0.00276. The Kier molecular flexibility index (Phi) is 5.38. The fourth-order valence-corrected chi connectivity index (χ4v) is 1.97. The second kappa shape index (κ2) is 7.29. The summed E-state index contributed by atoms with van der Waals surface area (Å²) in [5, 5.41) is 0. The van der Waals surface area contributed by atoms with Gasteiger partial charge in [0.05, 0.1) is 37.4 Å². The second-order valence-electron chi connectivity index (χ2n) is 4.83. The van der Waals surface area contributed by atoms with Crippen LogP contribution in [-0.2, 0) is 10.9 Å². The summed E-state index contributed by atoms with van der Waals surface area (Å²) in [5.41, 5.74) is -1.11. The minimum Gasteiger partial charge on any atom is -0.494 e. The first-order chi connectivity index (χ1) is 11.4. The van der Waals surface area contributed by atoms with Gasteiger partial charge in [0.2, 0.25) is 0 Å². The third-order valence-corrected chi connectivity index (χ3v) is 3.09. The van der Waals surface area contributed by atoms with Crippen molar-refractivity contribution in [2.75, 3.05) is 13.7 Å². The van der Waals surface area contributed by atoms with E-state index in [1.807, 2.05) is 6.92 Å². The van der Waals surface area contributed by atoms with Crippen LogP contribution in [0, 0.1) is 0 Å². The molecule has 0 spiro atoms. The van der Waals surface area contributed by atoms with E-state index in [2.05, 4.69) is 14.7 Å². The van der Waals surface area contributed by atoms with Crippen LogP contribution in [0.5, 0.6) is 5.75 Å². The van der Waals surface area contributed by atoms with Crippen molar-refractivity contribution < 1.29 is 27.4 Å². The average molecular weight is 340 g/mol. The topological polar surface area (TPSA) is 61.3 Å². The molecule has 0 unspecified atom stereocenters. The molecule has 2 rings (SSSR count). The lowest BCUT2D eigenvalue weighted by atomic mass is 10.0. The number of ether oxygens (including phenoxy) is 2. The number of methoxy groups -OCH3 is 1. The molecule has 0 bridgehead atoms. The number of nitrogens with zero attached hydrogens (tertiary/aromatic N) is 2. The SMILES string of the molecule is CCCOc1ccc(-c2cnc(C(=O)OC)cn2)c(C(F)(F)F)c1. The Labute approximate surface area is 136 Å². The van der Waals surface area contributed by atoms with Crippen molar-refractivity contribution in [3.05, 3.63) is 41.9 Å². The standard InChI is InChI=1S/C16H15F3N2O3/c1-3-6-24-10-4-5-11(12(7-10)16(17,18)19)13-8-21-14(9-20-13)15(22)23-2/h4-5,7-9H,3,6H2,1-2H3. The monoisotopic (exact) mass is 340 g/mol. The highest BCUT2D eigenvalue weighted by Crippen LogP contribution is 2.38. The molecule has 24 heavy (non-hydrogen) atoms. The Hall–Kier alpha value is -2.64. The molecule has 0 amide bonds. The second-order valence-corrected chi connectivity index (χ2v) is 4.83. The van der Waals surface area contributed by atoms with Crippen molar-refractivity contribution in [2.45, 2.75) is 19.5 Å². The number of hydrogen-bond acceptors (Lipinski definition) is 5. The molecule has 5 nitrogen and oxygen atoms in total. The van der Waals surface area contributed by atoms with E-state index >= 15 is 0 Å². The predicted octanol–water partition coefficient (Wildman–Crippen LogP) is 3.74. The third-order valence-electron chi connectivity index (χ3n) is 3.09. The Bertz CT molecular complexity index is 715. The Morgan fingerprint density at radius 2 is 1.96 bits per heavy atom. The molecule has 2 aromatic rings. The normalized spacial score (nSPS) is 11.2. The fraction of sp³-hybridized carbons (Fsp3) is 0.312. The van der Waals surface area contributed by atoms with Crippen LogP contribution in [0.15, 0.2) is 30.6 Å². The number of benzene rings is 1. The van der Waals surface area contributed by atoms with Gasteiger partial charge in [-0.05, 0) is 24.6 Å². The molecule has 0 radical (unpaired) electrons. The van der Waals surface area contributed by atoms with Crippen LogP contribution in [-0.4, -0.2) is 29.7 Å². The number of aromatic nitrogens is 2. The quantitative estimate of drug-likeness (QED) is 0.776. The van der Waals surface area contributed by atoms with Gasteiger partial charge in [0, 0.05) is 5.56 Å². The van der Waals surface area contributed by atoms with Crippen molar-refractivity contribution >= 4 is 5.97 Å². The van der Waals surface area contributed by atoms with Crippen LogP contribution in [0.2, 0.25) is 0 Å². The summed E-state index contributed by atoms with van der Waals surface area (Å²) in [4.78, 5) is 19.0. The van der Waals surface area contributed by atoms with Gasteiger partial charge < -0.3 is 9.47 Å². The zero-order valence-corrected chi connectivity index (χ0v) is 13.1. The summed E-state index contributed by atoms with van der Waals surface area (Å²) in [5.74, 6) is -0.583. The van der Waals surface area contributed by atoms with Gasteiger partial charge in [0.15, 0.2) is 5.69 Å². The van der Waals surface area contributed by atoms with Gasteiger partial charge in [-0.2, -0.15) is 13.2 Å². The Balaban J connectivity index is 2.43. The van der Waals surface area contributed by atoms with Gasteiger partial charge in [0.1, 0.15) is 5.75 Å². The van der Waals surface area contributed by atoms with Crippen molar-refractivity contribution in [2.24, 2.45) is 0 Å². The molecular weight excluding hydrogens is 325 g/mol. The molecular formula is C16H15F3N2O3. The molecule has 0 atom stereocenters. The van der Waals surface area contributed by atoms with Crippen LogP contribution in [0.3, 0.4) is 0 Å². The van der Waals surface area contributed by atoms with E-state index < -0.39 is 17.7 Å². The summed E-state index contributed by atoms with van der Waals surface area (Å²) >= 11 is 0. The van der Waals surface area contributed by atoms with Crippen LogP contribution in [0.1, 0.15) is 29.4 Å². The first-order valence-electron chi connectivity index (χ1n) is 7.11. The maximum atomic E-state index is 13.3. The molecule has 0 N–H and O–H groups in total. The largest absolute Gasteiger partial charge is 0.494 e. The Morgan fingerprint density at radius 3 is 2.50 bits per heavy atom. The van der Waals surface area contributed by atoms with E-state index in [1.54, 1.807) is 0 Å². The Morgan fingerprint density at radius 1 is 1.21 bits per heavy atom. The van der Waals surface area contributed by atoms with E-state index in [-0.39, 0.29) is 22.7 Å². The molecule has 0 aliphatic carbocycles. The highest BCUT2D eigenvalue weighted by molar-refractivity contribution is 5.86. The van der Waals surface area contributed by atoms with Crippen molar-refractivity contribution in [1.82, 2.24) is 9.97 Å². The summed E-state index contributed by atoms with van der Waals surface area (Å²) in [6, 6.07) is 3.65. The summed E-state index contributed by atoms with van der Waals surface area (Å²) < 4.78 is 49.7.